The van der Waals surface area contributed by atoms with E-state index in [1.807, 2.05) is 20.8 Å². The van der Waals surface area contributed by atoms with Crippen molar-refractivity contribution in [2.75, 3.05) is 26.2 Å². The van der Waals surface area contributed by atoms with Crippen molar-refractivity contribution in [1.82, 2.24) is 9.80 Å². The van der Waals surface area contributed by atoms with E-state index in [0.717, 1.165) is 0 Å². The number of carbonyl (C=O) groups is 2. The first-order valence-corrected chi connectivity index (χ1v) is 7.27. The molecule has 2 N–H and O–H groups in total. The predicted molar refractivity (Wildman–Crippen MR) is 75.5 cm³/mol. The molecule has 1 aliphatic rings. The molecule has 0 aromatic rings. The Kier molecular flexibility index (Phi) is 5.80. The topological polar surface area (TPSA) is 81.1 Å². The fourth-order valence-corrected chi connectivity index (χ4v) is 2.65. The number of amides is 2. The first-order chi connectivity index (χ1) is 9.38. The first-order valence-electron chi connectivity index (χ1n) is 7.27. The summed E-state index contributed by atoms with van der Waals surface area (Å²) in [6, 6.07) is -0.0828. The normalized spacial score (nSPS) is 22.4. The van der Waals surface area contributed by atoms with Gasteiger partial charge in [-0.05, 0) is 33.1 Å². The number of carboxylic acids is 1. The Labute approximate surface area is 120 Å². The number of carboxylic acid groups (broad SMARTS) is 1. The van der Waals surface area contributed by atoms with Crippen LogP contribution in [0.3, 0.4) is 0 Å². The lowest BCUT2D eigenvalue weighted by Gasteiger charge is -2.32. The van der Waals surface area contributed by atoms with E-state index in [2.05, 4.69) is 0 Å². The van der Waals surface area contributed by atoms with E-state index in [-0.39, 0.29) is 25.2 Å². The van der Waals surface area contributed by atoms with Gasteiger partial charge in [0.15, 0.2) is 0 Å². The fourth-order valence-electron chi connectivity index (χ4n) is 2.65. The predicted octanol–water partition coefficient (Wildman–Crippen LogP) is 1.39. The Hall–Kier alpha value is -1.30. The van der Waals surface area contributed by atoms with E-state index < -0.39 is 11.4 Å². The number of urea groups is 1. The van der Waals surface area contributed by atoms with Crippen molar-refractivity contribution >= 4 is 12.0 Å². The molecule has 1 aliphatic heterocycles. The molecular weight excluding hydrogens is 260 g/mol. The summed E-state index contributed by atoms with van der Waals surface area (Å²) >= 11 is 0. The SMILES string of the molecule is CCC1(C(=O)O)CCN(C(=O)N(CCCO)C(C)C)C1. The van der Waals surface area contributed by atoms with Gasteiger partial charge in [0.05, 0.1) is 5.41 Å². The van der Waals surface area contributed by atoms with Crippen LogP contribution >= 0.6 is 0 Å². The molecule has 0 bridgehead atoms. The second kappa shape index (κ2) is 6.92. The van der Waals surface area contributed by atoms with E-state index in [4.69, 9.17) is 5.11 Å². The van der Waals surface area contributed by atoms with Gasteiger partial charge in [-0.1, -0.05) is 6.92 Å². The number of aliphatic hydroxyl groups excluding tert-OH is 1. The molecule has 0 aromatic heterocycles. The molecular formula is C14H26N2O4. The summed E-state index contributed by atoms with van der Waals surface area (Å²) in [6.07, 6.45) is 1.58. The van der Waals surface area contributed by atoms with Gasteiger partial charge in [0, 0.05) is 32.3 Å². The number of hydrogen-bond acceptors (Lipinski definition) is 3. The second-order valence-electron chi connectivity index (χ2n) is 5.76. The summed E-state index contributed by atoms with van der Waals surface area (Å²) in [5.41, 5.74) is -0.796. The lowest BCUT2D eigenvalue weighted by molar-refractivity contribution is -0.148. The van der Waals surface area contributed by atoms with Gasteiger partial charge in [0.1, 0.15) is 0 Å². The third-order valence-electron chi connectivity index (χ3n) is 4.18. The highest BCUT2D eigenvalue weighted by atomic mass is 16.4. The van der Waals surface area contributed by atoms with Crippen molar-refractivity contribution < 1.29 is 19.8 Å². The molecule has 0 aliphatic carbocycles. The van der Waals surface area contributed by atoms with E-state index in [1.165, 1.54) is 0 Å². The lowest BCUT2D eigenvalue weighted by Crippen LogP contribution is -2.47. The minimum absolute atomic E-state index is 0.0375. The molecule has 6 nitrogen and oxygen atoms in total. The molecule has 1 atom stereocenters. The summed E-state index contributed by atoms with van der Waals surface area (Å²) < 4.78 is 0. The molecule has 1 unspecified atom stereocenters. The number of hydrogen-bond donors (Lipinski definition) is 2. The minimum atomic E-state index is -0.818. The van der Waals surface area contributed by atoms with Crippen LogP contribution in [0.1, 0.15) is 40.0 Å². The van der Waals surface area contributed by atoms with Gasteiger partial charge < -0.3 is 20.0 Å². The van der Waals surface area contributed by atoms with Gasteiger partial charge in [-0.3, -0.25) is 4.79 Å². The Morgan fingerprint density at radius 2 is 2.05 bits per heavy atom. The summed E-state index contributed by atoms with van der Waals surface area (Å²) in [5, 5.41) is 18.3. The zero-order chi connectivity index (χ0) is 15.3. The van der Waals surface area contributed by atoms with E-state index in [1.54, 1.807) is 9.80 Å². The monoisotopic (exact) mass is 286 g/mol. The number of nitrogens with zero attached hydrogens (tertiary/aromatic N) is 2. The van der Waals surface area contributed by atoms with Gasteiger partial charge in [-0.2, -0.15) is 0 Å². The molecule has 2 amide bonds. The van der Waals surface area contributed by atoms with Crippen molar-refractivity contribution in [3.8, 4) is 0 Å². The van der Waals surface area contributed by atoms with Crippen LogP contribution in [0.25, 0.3) is 0 Å². The van der Waals surface area contributed by atoms with Gasteiger partial charge in [0.2, 0.25) is 0 Å². The van der Waals surface area contributed by atoms with Crippen LogP contribution in [0, 0.1) is 5.41 Å². The van der Waals surface area contributed by atoms with Gasteiger partial charge in [-0.25, -0.2) is 4.79 Å². The molecule has 20 heavy (non-hydrogen) atoms. The summed E-state index contributed by atoms with van der Waals surface area (Å²) in [4.78, 5) is 27.2. The summed E-state index contributed by atoms with van der Waals surface area (Å²) in [6.45, 7) is 7.01. The zero-order valence-corrected chi connectivity index (χ0v) is 12.6. The number of likely N-dealkylation sites (tertiary alicyclic amines) is 1. The maximum atomic E-state index is 12.5. The van der Waals surface area contributed by atoms with Crippen LogP contribution in [0.2, 0.25) is 0 Å². The number of aliphatic hydroxyl groups is 1. The Bertz CT molecular complexity index is 359. The molecule has 1 fully saturated rings. The van der Waals surface area contributed by atoms with E-state index in [9.17, 15) is 14.7 Å². The number of rotatable bonds is 6. The minimum Gasteiger partial charge on any atom is -0.481 e. The Morgan fingerprint density at radius 3 is 2.45 bits per heavy atom. The molecule has 0 saturated carbocycles. The maximum Gasteiger partial charge on any atom is 0.320 e. The molecule has 1 rings (SSSR count). The van der Waals surface area contributed by atoms with Crippen molar-refractivity contribution in [2.24, 2.45) is 5.41 Å². The average molecular weight is 286 g/mol. The fraction of sp³-hybridized carbons (Fsp3) is 0.857. The quantitative estimate of drug-likeness (QED) is 0.773. The molecule has 0 radical (unpaired) electrons. The number of aliphatic carboxylic acids is 1. The molecule has 1 saturated heterocycles. The Morgan fingerprint density at radius 1 is 1.40 bits per heavy atom. The summed E-state index contributed by atoms with van der Waals surface area (Å²) in [7, 11) is 0. The third-order valence-corrected chi connectivity index (χ3v) is 4.18. The standard InChI is InChI=1S/C14H26N2O4/c1-4-14(12(18)19)6-8-15(10-14)13(20)16(11(2)3)7-5-9-17/h11,17H,4-10H2,1-3H3,(H,18,19). The number of carbonyl (C=O) groups excluding carboxylic acids is 1. The highest BCUT2D eigenvalue weighted by Crippen LogP contribution is 2.34. The van der Waals surface area contributed by atoms with Crippen molar-refractivity contribution in [1.29, 1.82) is 0 Å². The van der Waals surface area contributed by atoms with Crippen molar-refractivity contribution in [3.05, 3.63) is 0 Å². The van der Waals surface area contributed by atoms with Gasteiger partial charge in [0.25, 0.3) is 0 Å². The van der Waals surface area contributed by atoms with Gasteiger partial charge >= 0.3 is 12.0 Å². The third kappa shape index (κ3) is 3.42. The smallest absolute Gasteiger partial charge is 0.320 e. The van der Waals surface area contributed by atoms with Crippen molar-refractivity contribution in [3.63, 3.8) is 0 Å². The van der Waals surface area contributed by atoms with Crippen LogP contribution in [0.15, 0.2) is 0 Å². The molecule has 0 aromatic carbocycles. The molecule has 1 heterocycles. The van der Waals surface area contributed by atoms with Crippen LogP contribution in [0.4, 0.5) is 4.79 Å². The maximum absolute atomic E-state index is 12.5. The zero-order valence-electron chi connectivity index (χ0n) is 12.6. The van der Waals surface area contributed by atoms with Crippen LogP contribution in [0.5, 0.6) is 0 Å². The average Bonchev–Trinajstić information content (AvgIpc) is 2.84. The van der Waals surface area contributed by atoms with E-state index >= 15 is 0 Å². The lowest BCUT2D eigenvalue weighted by atomic mass is 9.84. The molecule has 6 heteroatoms. The van der Waals surface area contributed by atoms with Gasteiger partial charge in [-0.15, -0.1) is 0 Å². The highest BCUT2D eigenvalue weighted by Gasteiger charge is 2.45. The van der Waals surface area contributed by atoms with Crippen LogP contribution in [-0.2, 0) is 4.79 Å². The van der Waals surface area contributed by atoms with Crippen molar-refractivity contribution in [2.45, 2.75) is 46.1 Å². The molecule has 116 valence electrons. The van der Waals surface area contributed by atoms with Crippen LogP contribution in [-0.4, -0.2) is 64.3 Å². The Balaban J connectivity index is 2.75. The largest absolute Gasteiger partial charge is 0.481 e. The molecule has 0 spiro atoms. The summed E-state index contributed by atoms with van der Waals surface area (Å²) in [5.74, 6) is -0.818. The van der Waals surface area contributed by atoms with Crippen LogP contribution < -0.4 is 0 Å². The highest BCUT2D eigenvalue weighted by molar-refractivity contribution is 5.80. The first kappa shape index (κ1) is 16.8. The second-order valence-corrected chi connectivity index (χ2v) is 5.76. The van der Waals surface area contributed by atoms with E-state index in [0.29, 0.717) is 32.4 Å².